The van der Waals surface area contributed by atoms with E-state index in [-0.39, 0.29) is 17.3 Å². The van der Waals surface area contributed by atoms with Gasteiger partial charge in [0.05, 0.1) is 11.5 Å². The van der Waals surface area contributed by atoms with Gasteiger partial charge in [0.1, 0.15) is 0 Å². The molecule has 1 heterocycles. The average molecular weight is 283 g/mol. The van der Waals surface area contributed by atoms with Gasteiger partial charge in [0.25, 0.3) is 0 Å². The average Bonchev–Trinajstić information content (AvgIpc) is 2.85. The van der Waals surface area contributed by atoms with Gasteiger partial charge in [-0.15, -0.1) is 11.3 Å². The number of thiophene rings is 1. The minimum absolute atomic E-state index is 0.0523. The predicted octanol–water partition coefficient (Wildman–Crippen LogP) is 3.44. The molecule has 19 heavy (non-hydrogen) atoms. The van der Waals surface area contributed by atoms with Crippen LogP contribution in [0.5, 0.6) is 0 Å². The van der Waals surface area contributed by atoms with Crippen LogP contribution < -0.4 is 0 Å². The van der Waals surface area contributed by atoms with Gasteiger partial charge in [0.15, 0.2) is 5.78 Å². The van der Waals surface area contributed by atoms with E-state index >= 15 is 0 Å². The number of ketones is 1. The summed E-state index contributed by atoms with van der Waals surface area (Å²) < 4.78 is 5.17. The lowest BCUT2D eigenvalue weighted by Crippen LogP contribution is -2.31. The number of nitrogens with zero attached hydrogens (tertiary/aromatic N) is 1. The minimum atomic E-state index is -0.381. The van der Waals surface area contributed by atoms with Crippen LogP contribution in [0.3, 0.4) is 0 Å². The molecular weight excluding hydrogens is 262 g/mol. The van der Waals surface area contributed by atoms with Crippen LogP contribution in [0, 0.1) is 5.41 Å². The molecule has 106 valence electrons. The first-order valence-electron chi connectivity index (χ1n) is 6.24. The molecule has 0 N–H and O–H groups in total. The third-order valence-corrected chi connectivity index (χ3v) is 3.32. The van der Waals surface area contributed by atoms with Crippen molar-refractivity contribution in [2.75, 3.05) is 20.2 Å². The molecule has 0 aliphatic rings. The smallest absolute Gasteiger partial charge is 0.409 e. The van der Waals surface area contributed by atoms with E-state index in [1.54, 1.807) is 13.1 Å². The van der Waals surface area contributed by atoms with Crippen LogP contribution in [-0.4, -0.2) is 37.0 Å². The molecule has 0 unspecified atom stereocenters. The van der Waals surface area contributed by atoms with Crippen molar-refractivity contribution in [3.8, 4) is 0 Å². The largest absolute Gasteiger partial charge is 0.449 e. The second-order valence-electron chi connectivity index (χ2n) is 5.69. The lowest BCUT2D eigenvalue weighted by Gasteiger charge is -2.21. The van der Waals surface area contributed by atoms with Crippen molar-refractivity contribution in [1.82, 2.24) is 4.90 Å². The van der Waals surface area contributed by atoms with Crippen LogP contribution in [0.25, 0.3) is 0 Å². The Balaban J connectivity index is 2.33. The zero-order chi connectivity index (χ0) is 14.5. The third kappa shape index (κ3) is 5.87. The van der Waals surface area contributed by atoms with Crippen LogP contribution in [0.1, 0.15) is 36.9 Å². The van der Waals surface area contributed by atoms with E-state index < -0.39 is 0 Å². The van der Waals surface area contributed by atoms with Gasteiger partial charge < -0.3 is 9.64 Å². The Morgan fingerprint density at radius 2 is 2.05 bits per heavy atom. The zero-order valence-corrected chi connectivity index (χ0v) is 12.8. The standard InChI is InChI=1S/C14H21NO3S/c1-14(2,3)10-18-13(17)15(4)8-7-11(16)12-6-5-9-19-12/h5-6,9H,7-8,10H2,1-4H3. The molecule has 0 aromatic carbocycles. The van der Waals surface area contributed by atoms with E-state index in [1.165, 1.54) is 16.2 Å². The highest BCUT2D eigenvalue weighted by Crippen LogP contribution is 2.14. The highest BCUT2D eigenvalue weighted by molar-refractivity contribution is 7.12. The lowest BCUT2D eigenvalue weighted by molar-refractivity contribution is 0.0768. The quantitative estimate of drug-likeness (QED) is 0.778. The van der Waals surface area contributed by atoms with Gasteiger partial charge in [0, 0.05) is 20.0 Å². The molecule has 0 saturated carbocycles. The number of ether oxygens (including phenoxy) is 1. The van der Waals surface area contributed by atoms with E-state index in [2.05, 4.69) is 0 Å². The van der Waals surface area contributed by atoms with Crippen LogP contribution in [0.4, 0.5) is 4.79 Å². The fraction of sp³-hybridized carbons (Fsp3) is 0.571. The van der Waals surface area contributed by atoms with Gasteiger partial charge >= 0.3 is 6.09 Å². The Labute approximate surface area is 118 Å². The normalized spacial score (nSPS) is 11.2. The second-order valence-corrected chi connectivity index (χ2v) is 6.63. The molecule has 1 amide bonds. The van der Waals surface area contributed by atoms with Gasteiger partial charge in [-0.2, -0.15) is 0 Å². The van der Waals surface area contributed by atoms with Crippen molar-refractivity contribution in [1.29, 1.82) is 0 Å². The van der Waals surface area contributed by atoms with E-state index in [0.29, 0.717) is 19.6 Å². The van der Waals surface area contributed by atoms with Gasteiger partial charge in [0.2, 0.25) is 0 Å². The van der Waals surface area contributed by atoms with Gasteiger partial charge in [-0.3, -0.25) is 4.79 Å². The zero-order valence-electron chi connectivity index (χ0n) is 11.9. The van der Waals surface area contributed by atoms with Crippen LogP contribution in [0.2, 0.25) is 0 Å². The van der Waals surface area contributed by atoms with Gasteiger partial charge in [-0.05, 0) is 16.9 Å². The first kappa shape index (κ1) is 15.7. The van der Waals surface area contributed by atoms with Crippen molar-refractivity contribution in [3.63, 3.8) is 0 Å². The van der Waals surface area contributed by atoms with Gasteiger partial charge in [-0.25, -0.2) is 4.79 Å². The summed E-state index contributed by atoms with van der Waals surface area (Å²) in [7, 11) is 1.65. The fourth-order valence-corrected chi connectivity index (χ4v) is 2.00. The second kappa shape index (κ2) is 6.70. The number of carbonyl (C=O) groups excluding carboxylic acids is 2. The summed E-state index contributed by atoms with van der Waals surface area (Å²) in [4.78, 5) is 25.6. The highest BCUT2D eigenvalue weighted by Gasteiger charge is 2.17. The molecular formula is C14H21NO3S. The Hall–Kier alpha value is -1.36. The first-order chi connectivity index (χ1) is 8.79. The summed E-state index contributed by atoms with van der Waals surface area (Å²) in [5, 5.41) is 1.87. The topological polar surface area (TPSA) is 46.6 Å². The lowest BCUT2D eigenvalue weighted by atomic mass is 9.99. The number of rotatable bonds is 5. The Morgan fingerprint density at radius 3 is 2.58 bits per heavy atom. The molecule has 0 aliphatic heterocycles. The summed E-state index contributed by atoms with van der Waals surface area (Å²) in [6, 6.07) is 3.64. The Bertz CT molecular complexity index is 420. The maximum absolute atomic E-state index is 11.8. The number of hydrogen-bond donors (Lipinski definition) is 0. The number of amides is 1. The molecule has 0 saturated heterocycles. The number of Topliss-reactive ketones (excluding diaryl/α,β-unsaturated/α-hetero) is 1. The Kier molecular flexibility index (Phi) is 5.54. The molecule has 1 aromatic rings. The van der Waals surface area contributed by atoms with Crippen molar-refractivity contribution in [2.45, 2.75) is 27.2 Å². The summed E-state index contributed by atoms with van der Waals surface area (Å²) in [5.41, 5.74) is -0.0523. The SMILES string of the molecule is CN(CCC(=O)c1cccs1)C(=O)OCC(C)(C)C. The minimum Gasteiger partial charge on any atom is -0.449 e. The van der Waals surface area contributed by atoms with Crippen LogP contribution in [0.15, 0.2) is 17.5 Å². The summed E-state index contributed by atoms with van der Waals surface area (Å²) in [6.45, 7) is 6.75. The van der Waals surface area contributed by atoms with Gasteiger partial charge in [-0.1, -0.05) is 26.8 Å². The van der Waals surface area contributed by atoms with E-state index in [0.717, 1.165) is 4.88 Å². The summed E-state index contributed by atoms with van der Waals surface area (Å²) >= 11 is 1.42. The maximum atomic E-state index is 11.8. The van der Waals surface area contributed by atoms with Crippen molar-refractivity contribution < 1.29 is 14.3 Å². The molecule has 1 aromatic heterocycles. The van der Waals surface area contributed by atoms with Crippen molar-refractivity contribution in [3.05, 3.63) is 22.4 Å². The molecule has 1 rings (SSSR count). The Morgan fingerprint density at radius 1 is 1.37 bits per heavy atom. The van der Waals surface area contributed by atoms with E-state index in [4.69, 9.17) is 4.74 Å². The molecule has 0 fully saturated rings. The number of carbonyl (C=O) groups is 2. The molecule has 0 atom stereocenters. The fourth-order valence-electron chi connectivity index (χ4n) is 1.31. The molecule has 0 bridgehead atoms. The predicted molar refractivity (Wildman–Crippen MR) is 76.7 cm³/mol. The maximum Gasteiger partial charge on any atom is 0.409 e. The van der Waals surface area contributed by atoms with E-state index in [9.17, 15) is 9.59 Å². The van der Waals surface area contributed by atoms with E-state index in [1.807, 2.05) is 32.2 Å². The summed E-state index contributed by atoms with van der Waals surface area (Å²) in [6.07, 6.45) is -0.0596. The molecule has 0 radical (unpaired) electrons. The molecule has 5 heteroatoms. The molecule has 0 aliphatic carbocycles. The number of hydrogen-bond acceptors (Lipinski definition) is 4. The van der Waals surface area contributed by atoms with Crippen molar-refractivity contribution >= 4 is 23.2 Å². The van der Waals surface area contributed by atoms with Crippen molar-refractivity contribution in [2.24, 2.45) is 5.41 Å². The molecule has 4 nitrogen and oxygen atoms in total. The summed E-state index contributed by atoms with van der Waals surface area (Å²) in [5.74, 6) is 0.0606. The van der Waals surface area contributed by atoms with Crippen LogP contribution in [-0.2, 0) is 4.74 Å². The van der Waals surface area contributed by atoms with Crippen LogP contribution >= 0.6 is 11.3 Å². The monoisotopic (exact) mass is 283 g/mol. The highest BCUT2D eigenvalue weighted by atomic mass is 32.1. The first-order valence-corrected chi connectivity index (χ1v) is 7.12. The third-order valence-electron chi connectivity index (χ3n) is 2.41. The molecule has 0 spiro atoms.